The number of hydrogen-bond donors (Lipinski definition) is 1. The average molecular weight is 295 g/mol. The van der Waals surface area contributed by atoms with Gasteiger partial charge in [0.1, 0.15) is 11.8 Å². The summed E-state index contributed by atoms with van der Waals surface area (Å²) in [5.41, 5.74) is 0.486. The van der Waals surface area contributed by atoms with Gasteiger partial charge in [-0.05, 0) is 37.1 Å². The van der Waals surface area contributed by atoms with Crippen LogP contribution in [0, 0.1) is 11.3 Å². The molecule has 0 saturated carbocycles. The van der Waals surface area contributed by atoms with Crippen molar-refractivity contribution in [3.8, 4) is 11.8 Å². The van der Waals surface area contributed by atoms with E-state index in [0.717, 1.165) is 19.3 Å². The molecule has 1 saturated heterocycles. The molecule has 108 valence electrons. The smallest absolute Gasteiger partial charge is 0.301 e. The monoisotopic (exact) mass is 295 g/mol. The molecule has 0 unspecified atom stereocenters. The van der Waals surface area contributed by atoms with Gasteiger partial charge in [0.05, 0.1) is 5.69 Å². The molecule has 0 amide bonds. The molecule has 1 aliphatic rings. The third-order valence-corrected chi connectivity index (χ3v) is 4.60. The number of piperidine rings is 1. The molecule has 1 fully saturated rings. The first kappa shape index (κ1) is 14.6. The first-order valence-corrected chi connectivity index (χ1v) is 7.93. The molecule has 2 rings (SSSR count). The maximum atomic E-state index is 12.2. The van der Waals surface area contributed by atoms with Crippen LogP contribution in [-0.4, -0.2) is 32.4 Å². The maximum Gasteiger partial charge on any atom is 0.301 e. The zero-order valence-electron chi connectivity index (χ0n) is 11.1. The van der Waals surface area contributed by atoms with E-state index in [4.69, 9.17) is 10.00 Å². The Labute approximate surface area is 119 Å². The van der Waals surface area contributed by atoms with Gasteiger partial charge in [0.15, 0.2) is 6.61 Å². The summed E-state index contributed by atoms with van der Waals surface area (Å²) in [4.78, 5) is 0. The summed E-state index contributed by atoms with van der Waals surface area (Å²) < 4.78 is 33.4. The number of nitriles is 1. The van der Waals surface area contributed by atoms with Gasteiger partial charge in [0.2, 0.25) is 0 Å². The topological polar surface area (TPSA) is 82.4 Å². The molecule has 1 aromatic rings. The van der Waals surface area contributed by atoms with Crippen molar-refractivity contribution in [2.75, 3.05) is 24.4 Å². The predicted octanol–water partition coefficient (Wildman–Crippen LogP) is 1.73. The first-order chi connectivity index (χ1) is 9.62. The second-order valence-corrected chi connectivity index (χ2v) is 6.21. The van der Waals surface area contributed by atoms with Crippen LogP contribution < -0.4 is 9.46 Å². The van der Waals surface area contributed by atoms with Gasteiger partial charge in [-0.25, -0.2) is 0 Å². The Morgan fingerprint density at radius 3 is 2.45 bits per heavy atom. The number of hydrogen-bond acceptors (Lipinski definition) is 4. The minimum atomic E-state index is -3.48. The standard InChI is InChI=1S/C13H17N3O3S/c14-8-11-19-13-6-4-12(5-7-13)15-20(17,18)16-9-2-1-3-10-16/h4-7,15H,1-3,9-11H2. The average Bonchev–Trinajstić information content (AvgIpc) is 2.47. The third kappa shape index (κ3) is 3.85. The van der Waals surface area contributed by atoms with Crippen LogP contribution in [0.1, 0.15) is 19.3 Å². The van der Waals surface area contributed by atoms with Crippen molar-refractivity contribution in [2.45, 2.75) is 19.3 Å². The van der Waals surface area contributed by atoms with Crippen molar-refractivity contribution >= 4 is 15.9 Å². The Morgan fingerprint density at radius 1 is 1.20 bits per heavy atom. The summed E-state index contributed by atoms with van der Waals surface area (Å²) in [7, 11) is -3.48. The van der Waals surface area contributed by atoms with E-state index in [1.165, 1.54) is 4.31 Å². The van der Waals surface area contributed by atoms with Crippen LogP contribution in [-0.2, 0) is 10.2 Å². The Bertz CT molecular complexity index is 572. The number of anilines is 1. The zero-order valence-corrected chi connectivity index (χ0v) is 11.9. The van der Waals surface area contributed by atoms with Crippen molar-refractivity contribution in [1.29, 1.82) is 5.26 Å². The van der Waals surface area contributed by atoms with Gasteiger partial charge < -0.3 is 4.74 Å². The molecule has 1 aliphatic heterocycles. The number of benzene rings is 1. The summed E-state index contributed by atoms with van der Waals surface area (Å²) in [5.74, 6) is 0.535. The van der Waals surface area contributed by atoms with E-state index in [0.29, 0.717) is 24.5 Å². The minimum absolute atomic E-state index is 0.0289. The summed E-state index contributed by atoms with van der Waals surface area (Å²) in [5, 5.41) is 8.41. The number of nitrogens with one attached hydrogen (secondary N) is 1. The molecular formula is C13H17N3O3S. The molecule has 0 radical (unpaired) electrons. The molecule has 7 heteroatoms. The lowest BCUT2D eigenvalue weighted by Gasteiger charge is -2.26. The number of ether oxygens (including phenoxy) is 1. The normalized spacial score (nSPS) is 16.4. The highest BCUT2D eigenvalue weighted by molar-refractivity contribution is 7.90. The van der Waals surface area contributed by atoms with Crippen LogP contribution in [0.15, 0.2) is 24.3 Å². The second-order valence-electron chi connectivity index (χ2n) is 4.54. The molecule has 6 nitrogen and oxygen atoms in total. The molecule has 1 heterocycles. The highest BCUT2D eigenvalue weighted by Crippen LogP contribution is 2.19. The van der Waals surface area contributed by atoms with Gasteiger partial charge in [-0.1, -0.05) is 6.42 Å². The van der Waals surface area contributed by atoms with Gasteiger partial charge in [0.25, 0.3) is 0 Å². The third-order valence-electron chi connectivity index (χ3n) is 3.06. The summed E-state index contributed by atoms with van der Waals surface area (Å²) in [6, 6.07) is 8.37. The SMILES string of the molecule is N#CCOc1ccc(NS(=O)(=O)N2CCCCC2)cc1. The molecule has 0 bridgehead atoms. The van der Waals surface area contributed by atoms with Gasteiger partial charge in [0, 0.05) is 13.1 Å². The van der Waals surface area contributed by atoms with Crippen LogP contribution in [0.3, 0.4) is 0 Å². The fourth-order valence-electron chi connectivity index (χ4n) is 2.05. The Kier molecular flexibility index (Phi) is 4.82. The zero-order chi connectivity index (χ0) is 14.4. The fraction of sp³-hybridized carbons (Fsp3) is 0.462. The van der Waals surface area contributed by atoms with E-state index >= 15 is 0 Å². The Morgan fingerprint density at radius 2 is 1.85 bits per heavy atom. The first-order valence-electron chi connectivity index (χ1n) is 6.49. The van der Waals surface area contributed by atoms with E-state index in [9.17, 15) is 8.42 Å². The lowest BCUT2D eigenvalue weighted by Crippen LogP contribution is -2.39. The van der Waals surface area contributed by atoms with E-state index in [2.05, 4.69) is 4.72 Å². The number of rotatable bonds is 5. The largest absolute Gasteiger partial charge is 0.479 e. The van der Waals surface area contributed by atoms with E-state index in [1.54, 1.807) is 24.3 Å². The quantitative estimate of drug-likeness (QED) is 0.896. The van der Waals surface area contributed by atoms with Gasteiger partial charge >= 0.3 is 10.2 Å². The molecule has 1 aromatic carbocycles. The van der Waals surface area contributed by atoms with Gasteiger partial charge in [-0.2, -0.15) is 18.0 Å². The van der Waals surface area contributed by atoms with E-state index < -0.39 is 10.2 Å². The van der Waals surface area contributed by atoms with Gasteiger partial charge in [-0.3, -0.25) is 4.72 Å². The van der Waals surface area contributed by atoms with Gasteiger partial charge in [-0.15, -0.1) is 0 Å². The Balaban J connectivity index is 2.00. The van der Waals surface area contributed by atoms with Crippen molar-refractivity contribution < 1.29 is 13.2 Å². The highest BCUT2D eigenvalue weighted by atomic mass is 32.2. The molecule has 1 N–H and O–H groups in total. The molecular weight excluding hydrogens is 278 g/mol. The lowest BCUT2D eigenvalue weighted by molar-refractivity contribution is 0.349. The fourth-order valence-corrected chi connectivity index (χ4v) is 3.36. The molecule has 0 spiro atoms. The summed E-state index contributed by atoms with van der Waals surface area (Å²) >= 11 is 0. The number of nitrogens with zero attached hydrogens (tertiary/aromatic N) is 2. The predicted molar refractivity (Wildman–Crippen MR) is 75.5 cm³/mol. The second kappa shape index (κ2) is 6.59. The van der Waals surface area contributed by atoms with Crippen LogP contribution in [0.4, 0.5) is 5.69 Å². The van der Waals surface area contributed by atoms with Crippen LogP contribution in [0.5, 0.6) is 5.75 Å². The van der Waals surface area contributed by atoms with E-state index in [1.807, 2.05) is 6.07 Å². The van der Waals surface area contributed by atoms with E-state index in [-0.39, 0.29) is 6.61 Å². The summed E-state index contributed by atoms with van der Waals surface area (Å²) in [6.07, 6.45) is 2.89. The maximum absolute atomic E-state index is 12.2. The molecule has 20 heavy (non-hydrogen) atoms. The highest BCUT2D eigenvalue weighted by Gasteiger charge is 2.23. The lowest BCUT2D eigenvalue weighted by atomic mass is 10.2. The van der Waals surface area contributed by atoms with Crippen LogP contribution in [0.25, 0.3) is 0 Å². The summed E-state index contributed by atoms with van der Waals surface area (Å²) in [6.45, 7) is 1.11. The molecule has 0 aliphatic carbocycles. The van der Waals surface area contributed by atoms with Crippen molar-refractivity contribution in [1.82, 2.24) is 4.31 Å². The molecule has 0 aromatic heterocycles. The van der Waals surface area contributed by atoms with Crippen LogP contribution >= 0.6 is 0 Å². The van der Waals surface area contributed by atoms with Crippen molar-refractivity contribution in [3.63, 3.8) is 0 Å². The van der Waals surface area contributed by atoms with Crippen LogP contribution in [0.2, 0.25) is 0 Å². The van der Waals surface area contributed by atoms with Crippen molar-refractivity contribution in [3.05, 3.63) is 24.3 Å². The van der Waals surface area contributed by atoms with Crippen molar-refractivity contribution in [2.24, 2.45) is 0 Å². The Hall–Kier alpha value is -1.78. The molecule has 0 atom stereocenters. The minimum Gasteiger partial charge on any atom is -0.479 e.